The number of hydroxylamine groups is 3. The van der Waals surface area contributed by atoms with Crippen molar-refractivity contribution in [1.29, 1.82) is 0 Å². The van der Waals surface area contributed by atoms with Crippen LogP contribution < -0.4 is 25.6 Å². The van der Waals surface area contributed by atoms with E-state index in [1.165, 1.54) is 6.42 Å². The summed E-state index contributed by atoms with van der Waals surface area (Å²) in [6.07, 6.45) is 7.32. The van der Waals surface area contributed by atoms with Crippen LogP contribution in [0.25, 0.3) is 0 Å². The number of rotatable bonds is 9. The number of nitrogens with one attached hydrogen (secondary N) is 3. The third kappa shape index (κ3) is 5.14. The van der Waals surface area contributed by atoms with E-state index in [0.29, 0.717) is 53.4 Å². The molecule has 2 aliphatic heterocycles. The fourth-order valence-electron chi connectivity index (χ4n) is 5.27. The van der Waals surface area contributed by atoms with Crippen LogP contribution in [0.15, 0.2) is 47.7 Å². The van der Waals surface area contributed by atoms with Gasteiger partial charge in [0.05, 0.1) is 25.6 Å². The van der Waals surface area contributed by atoms with Crippen molar-refractivity contribution in [1.82, 2.24) is 15.5 Å². The van der Waals surface area contributed by atoms with E-state index < -0.39 is 11.6 Å². The molecular formula is C28H35N5O6. The maximum atomic E-state index is 12.3. The van der Waals surface area contributed by atoms with E-state index >= 15 is 0 Å². The summed E-state index contributed by atoms with van der Waals surface area (Å²) in [4.78, 5) is 29.0. The number of aromatic carboxylic acids is 1. The largest absolute Gasteiger partial charge is 0.497 e. The Bertz CT molecular complexity index is 1320. The molecule has 0 bridgehead atoms. The standard InChI is InChI=1S/C28H35N5O6/c1-5-20-25(27(34)35)21(15-23(30-20)29-16-18-9-10-19(36-3)14-22(18)37-4)31-24-13-17(2)26-33(39-24)28(32-38-26)11-7-6-8-12-28/h9-10,13-15,32H,5-8,11-12,16H2,1-4H3,(H,34,35)(H2,29,30,31). The summed E-state index contributed by atoms with van der Waals surface area (Å²) in [6, 6.07) is 7.27. The highest BCUT2D eigenvalue weighted by molar-refractivity contribution is 5.96. The molecule has 0 atom stereocenters. The van der Waals surface area contributed by atoms with Crippen molar-refractivity contribution in [3.63, 3.8) is 0 Å². The van der Waals surface area contributed by atoms with Crippen LogP contribution in [0.2, 0.25) is 0 Å². The molecule has 3 aliphatic rings. The van der Waals surface area contributed by atoms with E-state index in [-0.39, 0.29) is 5.56 Å². The summed E-state index contributed by atoms with van der Waals surface area (Å²) in [5.41, 5.74) is 5.45. The number of hydrogen-bond donors (Lipinski definition) is 4. The Labute approximate surface area is 227 Å². The second-order valence-electron chi connectivity index (χ2n) is 9.87. The van der Waals surface area contributed by atoms with E-state index in [1.807, 2.05) is 38.1 Å². The van der Waals surface area contributed by atoms with Crippen molar-refractivity contribution in [2.24, 2.45) is 0 Å². The third-order valence-electron chi connectivity index (χ3n) is 7.32. The second kappa shape index (κ2) is 10.9. The van der Waals surface area contributed by atoms with Crippen LogP contribution in [0.3, 0.4) is 0 Å². The monoisotopic (exact) mass is 537 g/mol. The van der Waals surface area contributed by atoms with Gasteiger partial charge in [-0.2, -0.15) is 0 Å². The lowest BCUT2D eigenvalue weighted by Crippen LogP contribution is -2.52. The minimum atomic E-state index is -1.07. The Morgan fingerprint density at radius 1 is 1.21 bits per heavy atom. The van der Waals surface area contributed by atoms with Crippen molar-refractivity contribution < 1.29 is 29.0 Å². The van der Waals surface area contributed by atoms with Crippen molar-refractivity contribution in [3.8, 4) is 11.5 Å². The molecule has 2 aromatic rings. The van der Waals surface area contributed by atoms with Crippen LogP contribution in [0.5, 0.6) is 11.5 Å². The molecule has 0 amide bonds. The molecule has 5 rings (SSSR count). The van der Waals surface area contributed by atoms with Crippen LogP contribution in [0, 0.1) is 0 Å². The zero-order chi connectivity index (χ0) is 27.6. The van der Waals surface area contributed by atoms with Crippen LogP contribution in [-0.4, -0.2) is 41.0 Å². The number of carbonyl (C=O) groups is 1. The third-order valence-corrected chi connectivity index (χ3v) is 7.32. The van der Waals surface area contributed by atoms with E-state index in [4.69, 9.17) is 19.1 Å². The van der Waals surface area contributed by atoms with Gasteiger partial charge in [-0.1, -0.05) is 13.3 Å². The Morgan fingerprint density at radius 2 is 2.00 bits per heavy atom. The Morgan fingerprint density at radius 3 is 2.69 bits per heavy atom. The Balaban J connectivity index is 1.42. The van der Waals surface area contributed by atoms with E-state index in [2.05, 4.69) is 21.1 Å². The van der Waals surface area contributed by atoms with Gasteiger partial charge < -0.3 is 34.9 Å². The minimum Gasteiger partial charge on any atom is -0.497 e. The predicted molar refractivity (Wildman–Crippen MR) is 145 cm³/mol. The fraction of sp³-hybridized carbons (Fsp3) is 0.429. The highest BCUT2D eigenvalue weighted by atomic mass is 16.8. The van der Waals surface area contributed by atoms with E-state index in [9.17, 15) is 9.90 Å². The lowest BCUT2D eigenvalue weighted by molar-refractivity contribution is -0.167. The zero-order valence-corrected chi connectivity index (χ0v) is 22.7. The summed E-state index contributed by atoms with van der Waals surface area (Å²) in [5.74, 6) is 1.87. The van der Waals surface area contributed by atoms with Gasteiger partial charge in [0.15, 0.2) is 5.66 Å². The van der Waals surface area contributed by atoms with E-state index in [0.717, 1.165) is 36.8 Å². The number of methoxy groups -OCH3 is 2. The van der Waals surface area contributed by atoms with Crippen LogP contribution >= 0.6 is 0 Å². The maximum absolute atomic E-state index is 12.3. The molecule has 1 spiro atoms. The number of carboxylic acids is 1. The molecule has 1 aromatic heterocycles. The van der Waals surface area contributed by atoms with Crippen molar-refractivity contribution >= 4 is 17.5 Å². The van der Waals surface area contributed by atoms with Crippen LogP contribution in [0.1, 0.15) is 67.6 Å². The van der Waals surface area contributed by atoms with Gasteiger partial charge in [0.25, 0.3) is 5.88 Å². The van der Waals surface area contributed by atoms with Gasteiger partial charge in [-0.05, 0) is 51.2 Å². The van der Waals surface area contributed by atoms with Gasteiger partial charge in [0, 0.05) is 35.9 Å². The maximum Gasteiger partial charge on any atom is 0.339 e. The molecule has 11 heteroatoms. The van der Waals surface area contributed by atoms with Gasteiger partial charge >= 0.3 is 5.97 Å². The molecule has 39 heavy (non-hydrogen) atoms. The van der Waals surface area contributed by atoms with Gasteiger partial charge in [0.2, 0.25) is 5.88 Å². The average Bonchev–Trinajstić information content (AvgIpc) is 3.29. The SMILES string of the molecule is CCc1nc(NCc2ccc(OC)cc2OC)cc(NC2=CC(C)=C3ONC4(CCCCC4)N3O2)c1C(=O)O. The normalized spacial score (nSPS) is 17.6. The van der Waals surface area contributed by atoms with Crippen LogP contribution in [-0.2, 0) is 22.6 Å². The predicted octanol–water partition coefficient (Wildman–Crippen LogP) is 4.90. The quantitative estimate of drug-likeness (QED) is 0.349. The molecular weight excluding hydrogens is 502 g/mol. The number of nitrogens with zero attached hydrogens (tertiary/aromatic N) is 2. The first-order valence-corrected chi connectivity index (χ1v) is 13.2. The van der Waals surface area contributed by atoms with Crippen molar-refractivity contribution in [2.75, 3.05) is 24.9 Å². The number of ether oxygens (including phenoxy) is 2. The number of allylic oxidation sites excluding steroid dienone is 2. The van der Waals surface area contributed by atoms with Crippen molar-refractivity contribution in [3.05, 3.63) is 64.5 Å². The zero-order valence-electron chi connectivity index (χ0n) is 22.7. The lowest BCUT2D eigenvalue weighted by atomic mass is 9.89. The molecule has 1 aromatic carbocycles. The molecule has 1 saturated heterocycles. The van der Waals surface area contributed by atoms with Gasteiger partial charge in [0.1, 0.15) is 22.9 Å². The smallest absolute Gasteiger partial charge is 0.339 e. The first-order valence-electron chi connectivity index (χ1n) is 13.2. The molecule has 0 unspecified atom stereocenters. The molecule has 3 heterocycles. The second-order valence-corrected chi connectivity index (χ2v) is 9.87. The molecule has 4 N–H and O–H groups in total. The highest BCUT2D eigenvalue weighted by Crippen LogP contribution is 2.42. The number of benzene rings is 1. The number of carboxylic acid groups (broad SMARTS) is 1. The summed E-state index contributed by atoms with van der Waals surface area (Å²) in [7, 11) is 3.21. The fourth-order valence-corrected chi connectivity index (χ4v) is 5.27. The molecule has 11 nitrogen and oxygen atoms in total. The Kier molecular flexibility index (Phi) is 7.42. The van der Waals surface area contributed by atoms with E-state index in [1.54, 1.807) is 25.3 Å². The van der Waals surface area contributed by atoms with Gasteiger partial charge in [-0.3, -0.25) is 0 Å². The van der Waals surface area contributed by atoms with Gasteiger partial charge in [-0.25, -0.2) is 9.78 Å². The number of pyridine rings is 1. The summed E-state index contributed by atoms with van der Waals surface area (Å²) < 4.78 is 10.8. The Hall–Kier alpha value is -4.12. The number of fused-ring (bicyclic) bond motifs is 2. The van der Waals surface area contributed by atoms with Crippen molar-refractivity contribution in [2.45, 2.75) is 64.6 Å². The summed E-state index contributed by atoms with van der Waals surface area (Å²) in [5, 5.41) is 18.4. The summed E-state index contributed by atoms with van der Waals surface area (Å²) >= 11 is 0. The van der Waals surface area contributed by atoms with Crippen LogP contribution in [0.4, 0.5) is 11.5 Å². The number of aromatic nitrogens is 1. The molecule has 1 saturated carbocycles. The molecule has 0 radical (unpaired) electrons. The lowest BCUT2D eigenvalue weighted by Gasteiger charge is -2.39. The first kappa shape index (κ1) is 26.5. The van der Waals surface area contributed by atoms with Gasteiger partial charge in [-0.15, -0.1) is 10.5 Å². The highest BCUT2D eigenvalue weighted by Gasteiger charge is 2.50. The average molecular weight is 538 g/mol. The molecule has 1 aliphatic carbocycles. The number of hydrogen-bond acceptors (Lipinski definition) is 10. The molecule has 2 fully saturated rings. The minimum absolute atomic E-state index is 0.102. The number of aryl methyl sites for hydroxylation is 1. The summed E-state index contributed by atoms with van der Waals surface area (Å²) in [6.45, 7) is 4.23. The molecule has 208 valence electrons. The topological polar surface area (TPSA) is 126 Å². The first-order chi connectivity index (χ1) is 18.9. The number of anilines is 2.